The first-order chi connectivity index (χ1) is 8.20. The Hall–Kier alpha value is -1.73. The lowest BCUT2D eigenvalue weighted by molar-refractivity contribution is 0.174. The Morgan fingerprint density at radius 1 is 1.41 bits per heavy atom. The third-order valence-electron chi connectivity index (χ3n) is 2.87. The highest BCUT2D eigenvalue weighted by atomic mass is 16.7. The lowest BCUT2D eigenvalue weighted by Gasteiger charge is -2.09. The molecule has 0 radical (unpaired) electrons. The lowest BCUT2D eigenvalue weighted by atomic mass is 10.0. The minimum atomic E-state index is -0.107. The van der Waals surface area contributed by atoms with Crippen molar-refractivity contribution in [2.45, 2.75) is 26.3 Å². The zero-order chi connectivity index (χ0) is 12.3. The van der Waals surface area contributed by atoms with Gasteiger partial charge in [-0.15, -0.1) is 0 Å². The molecule has 1 heterocycles. The van der Waals surface area contributed by atoms with Crippen molar-refractivity contribution in [1.29, 1.82) is 5.26 Å². The number of rotatable bonds is 4. The van der Waals surface area contributed by atoms with Crippen LogP contribution in [0, 0.1) is 18.3 Å². The van der Waals surface area contributed by atoms with Crippen LogP contribution in [0.1, 0.15) is 18.1 Å². The number of nitrogens with one attached hydrogen (secondary N) is 1. The molecule has 4 nitrogen and oxygen atoms in total. The zero-order valence-electron chi connectivity index (χ0n) is 10.1. The van der Waals surface area contributed by atoms with E-state index in [1.165, 1.54) is 11.1 Å². The van der Waals surface area contributed by atoms with Crippen LogP contribution in [0.5, 0.6) is 11.5 Å². The summed E-state index contributed by atoms with van der Waals surface area (Å²) in [6, 6.07) is 6.07. The Labute approximate surface area is 101 Å². The highest BCUT2D eigenvalue weighted by Gasteiger charge is 2.15. The minimum absolute atomic E-state index is 0.107. The standard InChI is InChI=1S/C13H16N2O2/c1-9-5-12-13(17-8-16-12)6-11(9)3-4-15-10(2)7-14/h5-6,10,15H,3-4,8H2,1-2H3. The second-order valence-corrected chi connectivity index (χ2v) is 4.19. The number of nitriles is 1. The molecule has 1 aliphatic rings. The van der Waals surface area contributed by atoms with Crippen molar-refractivity contribution in [2.75, 3.05) is 13.3 Å². The third kappa shape index (κ3) is 2.69. The summed E-state index contributed by atoms with van der Waals surface area (Å²) < 4.78 is 10.7. The van der Waals surface area contributed by atoms with Gasteiger partial charge in [-0.3, -0.25) is 0 Å². The van der Waals surface area contributed by atoms with Gasteiger partial charge in [0.1, 0.15) is 0 Å². The number of hydrogen-bond acceptors (Lipinski definition) is 4. The summed E-state index contributed by atoms with van der Waals surface area (Å²) in [5.74, 6) is 1.64. The SMILES string of the molecule is Cc1cc2c(cc1CCNC(C)C#N)OCO2. The fraction of sp³-hybridized carbons (Fsp3) is 0.462. The molecule has 0 saturated heterocycles. The van der Waals surface area contributed by atoms with Crippen LogP contribution in [-0.4, -0.2) is 19.4 Å². The molecule has 4 heteroatoms. The van der Waals surface area contributed by atoms with Crippen LogP contribution >= 0.6 is 0 Å². The van der Waals surface area contributed by atoms with Crippen LogP contribution in [0.2, 0.25) is 0 Å². The highest BCUT2D eigenvalue weighted by Crippen LogP contribution is 2.34. The van der Waals surface area contributed by atoms with Gasteiger partial charge in [0.2, 0.25) is 6.79 Å². The highest BCUT2D eigenvalue weighted by molar-refractivity contribution is 5.48. The Kier molecular flexibility index (Phi) is 3.50. The number of hydrogen-bond donors (Lipinski definition) is 1. The molecule has 17 heavy (non-hydrogen) atoms. The van der Waals surface area contributed by atoms with Crippen LogP contribution in [0.4, 0.5) is 0 Å². The molecule has 1 aromatic carbocycles. The first-order valence-corrected chi connectivity index (χ1v) is 5.73. The molecule has 1 aromatic rings. The topological polar surface area (TPSA) is 54.3 Å². The smallest absolute Gasteiger partial charge is 0.231 e. The van der Waals surface area contributed by atoms with E-state index < -0.39 is 0 Å². The van der Waals surface area contributed by atoms with Gasteiger partial charge in [0, 0.05) is 6.54 Å². The summed E-state index contributed by atoms with van der Waals surface area (Å²) in [6.45, 7) is 5.01. The van der Waals surface area contributed by atoms with E-state index in [4.69, 9.17) is 14.7 Å². The minimum Gasteiger partial charge on any atom is -0.454 e. The van der Waals surface area contributed by atoms with Crippen LogP contribution in [0.15, 0.2) is 12.1 Å². The van der Waals surface area contributed by atoms with Crippen molar-refractivity contribution in [2.24, 2.45) is 0 Å². The molecule has 90 valence electrons. The fourth-order valence-corrected chi connectivity index (χ4v) is 1.82. The van der Waals surface area contributed by atoms with Gasteiger partial charge < -0.3 is 14.8 Å². The van der Waals surface area contributed by atoms with E-state index in [0.29, 0.717) is 6.79 Å². The molecule has 0 aliphatic carbocycles. The van der Waals surface area contributed by atoms with Gasteiger partial charge in [-0.25, -0.2) is 0 Å². The Morgan fingerprint density at radius 2 is 2.12 bits per heavy atom. The molecule has 0 fully saturated rings. The largest absolute Gasteiger partial charge is 0.454 e. The van der Waals surface area contributed by atoms with Crippen LogP contribution in [0.25, 0.3) is 0 Å². The van der Waals surface area contributed by atoms with Gasteiger partial charge in [-0.2, -0.15) is 5.26 Å². The maximum atomic E-state index is 8.66. The molecule has 0 aromatic heterocycles. The molecule has 1 N–H and O–H groups in total. The molecular formula is C13H16N2O2. The van der Waals surface area contributed by atoms with E-state index in [0.717, 1.165) is 24.5 Å². The van der Waals surface area contributed by atoms with Crippen LogP contribution in [-0.2, 0) is 6.42 Å². The number of benzene rings is 1. The number of fused-ring (bicyclic) bond motifs is 1. The molecule has 2 rings (SSSR count). The Balaban J connectivity index is 2.00. The predicted molar refractivity (Wildman–Crippen MR) is 64.1 cm³/mol. The molecule has 1 aliphatic heterocycles. The van der Waals surface area contributed by atoms with E-state index in [1.807, 2.05) is 19.1 Å². The van der Waals surface area contributed by atoms with Crippen molar-refractivity contribution >= 4 is 0 Å². The van der Waals surface area contributed by atoms with Crippen molar-refractivity contribution in [3.05, 3.63) is 23.3 Å². The first-order valence-electron chi connectivity index (χ1n) is 5.73. The average molecular weight is 232 g/mol. The average Bonchev–Trinajstić information content (AvgIpc) is 2.76. The van der Waals surface area contributed by atoms with Crippen molar-refractivity contribution in [3.8, 4) is 17.6 Å². The van der Waals surface area contributed by atoms with Gasteiger partial charge in [-0.05, 0) is 43.5 Å². The second-order valence-electron chi connectivity index (χ2n) is 4.19. The van der Waals surface area contributed by atoms with E-state index >= 15 is 0 Å². The quantitative estimate of drug-likeness (QED) is 0.859. The summed E-state index contributed by atoms with van der Waals surface area (Å²) in [6.07, 6.45) is 0.883. The molecule has 1 unspecified atom stereocenters. The van der Waals surface area contributed by atoms with Crippen LogP contribution in [0.3, 0.4) is 0 Å². The van der Waals surface area contributed by atoms with Gasteiger partial charge >= 0.3 is 0 Å². The number of aryl methyl sites for hydroxylation is 1. The summed E-state index contributed by atoms with van der Waals surface area (Å²) in [5, 5.41) is 11.8. The Bertz CT molecular complexity index is 451. The van der Waals surface area contributed by atoms with Gasteiger partial charge in [0.25, 0.3) is 0 Å². The van der Waals surface area contributed by atoms with Gasteiger partial charge in [-0.1, -0.05) is 0 Å². The maximum absolute atomic E-state index is 8.66. The monoisotopic (exact) mass is 232 g/mol. The van der Waals surface area contributed by atoms with Gasteiger partial charge in [0.05, 0.1) is 12.1 Å². The van der Waals surface area contributed by atoms with E-state index in [9.17, 15) is 0 Å². The number of nitrogens with zero attached hydrogens (tertiary/aromatic N) is 1. The molecule has 0 bridgehead atoms. The van der Waals surface area contributed by atoms with E-state index in [-0.39, 0.29) is 6.04 Å². The van der Waals surface area contributed by atoms with Crippen molar-refractivity contribution in [3.63, 3.8) is 0 Å². The third-order valence-corrected chi connectivity index (χ3v) is 2.87. The molecule has 1 atom stereocenters. The fourth-order valence-electron chi connectivity index (χ4n) is 1.82. The predicted octanol–water partition coefficient (Wildman–Crippen LogP) is 1.77. The normalized spacial score (nSPS) is 14.4. The molecule has 0 saturated carbocycles. The molecule has 0 spiro atoms. The van der Waals surface area contributed by atoms with Crippen molar-refractivity contribution < 1.29 is 9.47 Å². The Morgan fingerprint density at radius 3 is 2.82 bits per heavy atom. The van der Waals surface area contributed by atoms with E-state index in [1.54, 1.807) is 0 Å². The maximum Gasteiger partial charge on any atom is 0.231 e. The summed E-state index contributed by atoms with van der Waals surface area (Å²) in [7, 11) is 0. The number of ether oxygens (including phenoxy) is 2. The van der Waals surface area contributed by atoms with Crippen molar-refractivity contribution in [1.82, 2.24) is 5.32 Å². The summed E-state index contributed by atoms with van der Waals surface area (Å²) in [4.78, 5) is 0. The van der Waals surface area contributed by atoms with E-state index in [2.05, 4.69) is 18.3 Å². The first kappa shape index (κ1) is 11.7. The zero-order valence-corrected chi connectivity index (χ0v) is 10.1. The van der Waals surface area contributed by atoms with Gasteiger partial charge in [0.15, 0.2) is 11.5 Å². The lowest BCUT2D eigenvalue weighted by Crippen LogP contribution is -2.26. The second kappa shape index (κ2) is 5.07. The van der Waals surface area contributed by atoms with Crippen LogP contribution < -0.4 is 14.8 Å². The summed E-state index contributed by atoms with van der Waals surface area (Å²) in [5.41, 5.74) is 2.42. The molecule has 0 amide bonds. The summed E-state index contributed by atoms with van der Waals surface area (Å²) >= 11 is 0. The molecular weight excluding hydrogens is 216 g/mol.